The topological polar surface area (TPSA) is 119 Å². The van der Waals surface area contributed by atoms with Gasteiger partial charge in [0.15, 0.2) is 0 Å². The molecule has 0 fully saturated rings. The highest BCUT2D eigenvalue weighted by atomic mass is 19.1. The molecule has 0 aliphatic heterocycles. The zero-order valence-electron chi connectivity index (χ0n) is 10.7. The van der Waals surface area contributed by atoms with E-state index in [-0.39, 0.29) is 30.2 Å². The zero-order chi connectivity index (χ0) is 15.4. The average Bonchev–Trinajstić information content (AvgIpc) is 2.86. The number of aromatic nitrogens is 2. The molecule has 8 nitrogen and oxygen atoms in total. The maximum Gasteiger partial charge on any atom is 0.303 e. The first kappa shape index (κ1) is 14.6. The Bertz CT molecular complexity index is 685. The third-order valence-corrected chi connectivity index (χ3v) is 2.59. The van der Waals surface area contributed by atoms with Crippen molar-refractivity contribution in [1.82, 2.24) is 10.2 Å². The quantitative estimate of drug-likeness (QED) is 0.640. The van der Waals surface area contributed by atoms with Crippen molar-refractivity contribution in [3.8, 4) is 11.5 Å². The Morgan fingerprint density at radius 1 is 1.38 bits per heavy atom. The van der Waals surface area contributed by atoms with E-state index in [1.807, 2.05) is 0 Å². The Hall–Kier alpha value is -2.84. The van der Waals surface area contributed by atoms with Crippen LogP contribution in [0.25, 0.3) is 11.5 Å². The third-order valence-electron chi connectivity index (χ3n) is 2.59. The summed E-state index contributed by atoms with van der Waals surface area (Å²) in [4.78, 5) is 20.3. The van der Waals surface area contributed by atoms with Gasteiger partial charge in [0.1, 0.15) is 5.82 Å². The van der Waals surface area contributed by atoms with Gasteiger partial charge in [0, 0.05) is 24.5 Å². The van der Waals surface area contributed by atoms with Crippen LogP contribution in [0.2, 0.25) is 0 Å². The van der Waals surface area contributed by atoms with Gasteiger partial charge in [-0.1, -0.05) is 0 Å². The molecular weight excluding hydrogens is 285 g/mol. The lowest BCUT2D eigenvalue weighted by atomic mass is 10.2. The van der Waals surface area contributed by atoms with Crippen molar-refractivity contribution in [2.24, 2.45) is 0 Å². The van der Waals surface area contributed by atoms with Gasteiger partial charge in [0.2, 0.25) is 11.8 Å². The number of aryl methyl sites for hydroxylation is 1. The molecule has 2 aromatic rings. The van der Waals surface area contributed by atoms with Gasteiger partial charge < -0.3 is 9.52 Å². The molecule has 9 heteroatoms. The predicted octanol–water partition coefficient (Wildman–Crippen LogP) is 2.19. The number of non-ortho nitro benzene ring substituents is 1. The van der Waals surface area contributed by atoms with E-state index in [1.54, 1.807) is 0 Å². The van der Waals surface area contributed by atoms with Crippen LogP contribution < -0.4 is 0 Å². The van der Waals surface area contributed by atoms with Crippen LogP contribution in [0, 0.1) is 15.9 Å². The second-order valence-corrected chi connectivity index (χ2v) is 4.20. The molecule has 2 rings (SSSR count). The molecule has 0 amide bonds. The van der Waals surface area contributed by atoms with Gasteiger partial charge >= 0.3 is 5.97 Å². The lowest BCUT2D eigenvalue weighted by Crippen LogP contribution is -1.95. The fraction of sp³-hybridized carbons (Fsp3) is 0.250. The molecular formula is C12H10FN3O5. The summed E-state index contributed by atoms with van der Waals surface area (Å²) in [6, 6.07) is 2.95. The van der Waals surface area contributed by atoms with Crippen LogP contribution >= 0.6 is 0 Å². The van der Waals surface area contributed by atoms with Crippen LogP contribution in [0.4, 0.5) is 10.1 Å². The number of hydrogen-bond donors (Lipinski definition) is 1. The number of nitro benzene ring substituents is 1. The molecule has 21 heavy (non-hydrogen) atoms. The molecule has 0 spiro atoms. The minimum absolute atomic E-state index is 0.0385. The van der Waals surface area contributed by atoms with Crippen LogP contribution in [0.3, 0.4) is 0 Å². The Labute approximate surface area is 117 Å². The highest BCUT2D eigenvalue weighted by Gasteiger charge is 2.15. The Balaban J connectivity index is 2.17. The standard InChI is InChI=1S/C12H10FN3O5/c13-8-4-7(5-9(6-8)16(19)20)12-15-14-10(21-12)2-1-3-11(17)18/h4-6H,1-3H2,(H,17,18). The number of rotatable bonds is 6. The second kappa shape index (κ2) is 6.07. The van der Waals surface area contributed by atoms with Gasteiger partial charge in [-0.05, 0) is 12.5 Å². The summed E-state index contributed by atoms with van der Waals surface area (Å²) >= 11 is 0. The minimum atomic E-state index is -0.935. The summed E-state index contributed by atoms with van der Waals surface area (Å²) in [5, 5.41) is 26.5. The number of carbonyl (C=O) groups is 1. The van der Waals surface area contributed by atoms with Crippen LogP contribution in [-0.2, 0) is 11.2 Å². The van der Waals surface area contributed by atoms with E-state index in [9.17, 15) is 19.3 Å². The molecule has 0 bridgehead atoms. The molecule has 0 aliphatic rings. The fourth-order valence-electron chi connectivity index (χ4n) is 1.67. The summed E-state index contributed by atoms with van der Waals surface area (Å²) < 4.78 is 18.5. The van der Waals surface area contributed by atoms with E-state index in [1.165, 1.54) is 0 Å². The minimum Gasteiger partial charge on any atom is -0.481 e. The number of benzene rings is 1. The first-order valence-corrected chi connectivity index (χ1v) is 5.95. The first-order valence-electron chi connectivity index (χ1n) is 5.95. The number of carboxylic acid groups (broad SMARTS) is 1. The highest BCUT2D eigenvalue weighted by molar-refractivity contribution is 5.66. The molecule has 1 heterocycles. The zero-order valence-corrected chi connectivity index (χ0v) is 10.7. The van der Waals surface area contributed by atoms with Gasteiger partial charge in [-0.25, -0.2) is 4.39 Å². The Morgan fingerprint density at radius 3 is 2.81 bits per heavy atom. The van der Waals surface area contributed by atoms with Crippen LogP contribution in [-0.4, -0.2) is 26.2 Å². The smallest absolute Gasteiger partial charge is 0.303 e. The third kappa shape index (κ3) is 3.81. The van der Waals surface area contributed by atoms with Gasteiger partial charge in [0.25, 0.3) is 5.69 Å². The van der Waals surface area contributed by atoms with Crippen molar-refractivity contribution in [3.63, 3.8) is 0 Å². The molecule has 0 unspecified atom stereocenters. The summed E-state index contributed by atoms with van der Waals surface area (Å²) in [6.45, 7) is 0. The maximum atomic E-state index is 13.3. The van der Waals surface area contributed by atoms with Crippen molar-refractivity contribution >= 4 is 11.7 Å². The van der Waals surface area contributed by atoms with Gasteiger partial charge in [-0.15, -0.1) is 10.2 Å². The second-order valence-electron chi connectivity index (χ2n) is 4.20. The lowest BCUT2D eigenvalue weighted by Gasteiger charge is -1.97. The Morgan fingerprint density at radius 2 is 2.14 bits per heavy atom. The van der Waals surface area contributed by atoms with Crippen LogP contribution in [0.1, 0.15) is 18.7 Å². The normalized spacial score (nSPS) is 10.5. The van der Waals surface area contributed by atoms with Gasteiger partial charge in [-0.3, -0.25) is 14.9 Å². The van der Waals surface area contributed by atoms with E-state index in [0.717, 1.165) is 18.2 Å². The number of nitro groups is 1. The van der Waals surface area contributed by atoms with Gasteiger partial charge in [-0.2, -0.15) is 0 Å². The first-order chi connectivity index (χ1) is 9.95. The SMILES string of the molecule is O=C(O)CCCc1nnc(-c2cc(F)cc([N+](=O)[O-])c2)o1. The predicted molar refractivity (Wildman–Crippen MR) is 66.9 cm³/mol. The molecule has 0 saturated heterocycles. The van der Waals surface area contributed by atoms with Crippen molar-refractivity contribution < 1.29 is 23.6 Å². The van der Waals surface area contributed by atoms with E-state index < -0.39 is 22.4 Å². The van der Waals surface area contributed by atoms with Crippen molar-refractivity contribution in [2.45, 2.75) is 19.3 Å². The van der Waals surface area contributed by atoms with Crippen molar-refractivity contribution in [1.29, 1.82) is 0 Å². The number of hydrogen-bond acceptors (Lipinski definition) is 6. The number of halogens is 1. The number of nitrogens with zero attached hydrogens (tertiary/aromatic N) is 3. The summed E-state index contributed by atoms with van der Waals surface area (Å²) in [5.74, 6) is -1.58. The van der Waals surface area contributed by atoms with E-state index >= 15 is 0 Å². The molecule has 0 saturated carbocycles. The largest absolute Gasteiger partial charge is 0.481 e. The van der Waals surface area contributed by atoms with Gasteiger partial charge in [0.05, 0.1) is 11.0 Å². The monoisotopic (exact) mass is 295 g/mol. The molecule has 0 radical (unpaired) electrons. The molecule has 1 aromatic carbocycles. The Kier molecular flexibility index (Phi) is 4.21. The molecule has 0 aliphatic carbocycles. The number of aliphatic carboxylic acids is 1. The van der Waals surface area contributed by atoms with Crippen LogP contribution in [0.5, 0.6) is 0 Å². The molecule has 1 N–H and O–H groups in total. The average molecular weight is 295 g/mol. The van der Waals surface area contributed by atoms with Crippen molar-refractivity contribution in [3.05, 3.63) is 40.0 Å². The number of carboxylic acids is 1. The highest BCUT2D eigenvalue weighted by Crippen LogP contribution is 2.24. The molecule has 110 valence electrons. The molecule has 0 atom stereocenters. The van der Waals surface area contributed by atoms with Crippen molar-refractivity contribution in [2.75, 3.05) is 0 Å². The molecule has 1 aromatic heterocycles. The summed E-state index contributed by atoms with van der Waals surface area (Å²) in [6.07, 6.45) is 0.542. The van der Waals surface area contributed by atoms with E-state index in [4.69, 9.17) is 9.52 Å². The van der Waals surface area contributed by atoms with E-state index in [2.05, 4.69) is 10.2 Å². The summed E-state index contributed by atoms with van der Waals surface area (Å²) in [7, 11) is 0. The van der Waals surface area contributed by atoms with E-state index in [0.29, 0.717) is 6.42 Å². The van der Waals surface area contributed by atoms with Crippen LogP contribution in [0.15, 0.2) is 22.6 Å². The fourth-order valence-corrected chi connectivity index (χ4v) is 1.67. The lowest BCUT2D eigenvalue weighted by molar-refractivity contribution is -0.385. The summed E-state index contributed by atoms with van der Waals surface area (Å²) in [5.41, 5.74) is -0.325. The maximum absolute atomic E-state index is 13.3.